The fraction of sp³-hybridized carbons (Fsp3) is 0.281. The highest BCUT2D eigenvalue weighted by atomic mass is 16.5. The van der Waals surface area contributed by atoms with Gasteiger partial charge in [0, 0.05) is 31.0 Å². The van der Waals surface area contributed by atoms with Crippen molar-refractivity contribution in [3.63, 3.8) is 0 Å². The highest BCUT2D eigenvalue weighted by Crippen LogP contribution is 2.43. The van der Waals surface area contributed by atoms with E-state index in [-0.39, 0.29) is 22.3 Å². The zero-order valence-electron chi connectivity index (χ0n) is 23.4. The van der Waals surface area contributed by atoms with Gasteiger partial charge in [0.25, 0.3) is 11.7 Å². The number of methoxy groups -OCH3 is 1. The molecule has 0 aromatic heterocycles. The molecule has 39 heavy (non-hydrogen) atoms. The number of Topliss-reactive ketones (excluding diaryl/α,β-unsaturated/α-hetero) is 1. The van der Waals surface area contributed by atoms with E-state index in [1.165, 1.54) is 18.1 Å². The Labute approximate surface area is 229 Å². The summed E-state index contributed by atoms with van der Waals surface area (Å²) in [5.74, 6) is -2.37. The molecule has 7 nitrogen and oxygen atoms in total. The molecule has 0 radical (unpaired) electrons. The standard InChI is InChI=1S/C32H34N2O5/c1-19-11-14-22(32(2,3)4)18-25(19)28(35)26-27(20-12-15-23(16-13-20)33(5)6)34(30(37)29(26)36)24-10-8-9-21(17-24)31(38)39-7/h8-18,27,35H,1-7H3/b28-26+. The molecule has 1 atom stereocenters. The summed E-state index contributed by atoms with van der Waals surface area (Å²) in [7, 11) is 5.12. The summed E-state index contributed by atoms with van der Waals surface area (Å²) in [5, 5.41) is 11.7. The van der Waals surface area contributed by atoms with Gasteiger partial charge in [0.05, 0.1) is 24.3 Å². The first-order valence-corrected chi connectivity index (χ1v) is 12.7. The Bertz CT molecular complexity index is 1480. The number of carbonyl (C=O) groups is 3. The number of amides is 1. The maximum Gasteiger partial charge on any atom is 0.337 e. The SMILES string of the molecule is COC(=O)c1cccc(N2C(=O)C(=O)/C(=C(/O)c3cc(C(C)(C)C)ccc3C)C2c2ccc(N(C)C)cc2)c1. The smallest absolute Gasteiger partial charge is 0.337 e. The topological polar surface area (TPSA) is 87.1 Å². The van der Waals surface area contributed by atoms with Crippen molar-refractivity contribution < 1.29 is 24.2 Å². The van der Waals surface area contributed by atoms with E-state index in [1.807, 2.05) is 68.4 Å². The maximum atomic E-state index is 13.6. The number of ether oxygens (including phenoxy) is 1. The number of benzene rings is 3. The quantitative estimate of drug-likeness (QED) is 0.197. The van der Waals surface area contributed by atoms with Gasteiger partial charge in [-0.25, -0.2) is 4.79 Å². The van der Waals surface area contributed by atoms with Crippen LogP contribution in [0, 0.1) is 6.92 Å². The molecular weight excluding hydrogens is 492 g/mol. The molecule has 1 unspecified atom stereocenters. The van der Waals surface area contributed by atoms with E-state index in [1.54, 1.807) is 18.2 Å². The van der Waals surface area contributed by atoms with Gasteiger partial charge in [-0.15, -0.1) is 0 Å². The van der Waals surface area contributed by atoms with Crippen LogP contribution in [-0.2, 0) is 19.7 Å². The van der Waals surface area contributed by atoms with E-state index in [2.05, 4.69) is 20.8 Å². The van der Waals surface area contributed by atoms with E-state index in [0.717, 1.165) is 16.8 Å². The number of aliphatic hydroxyl groups excluding tert-OH is 1. The van der Waals surface area contributed by atoms with Gasteiger partial charge >= 0.3 is 5.97 Å². The summed E-state index contributed by atoms with van der Waals surface area (Å²) in [4.78, 5) is 42.7. The van der Waals surface area contributed by atoms with Crippen LogP contribution < -0.4 is 9.80 Å². The van der Waals surface area contributed by atoms with Crippen LogP contribution in [-0.4, -0.2) is 44.0 Å². The zero-order valence-corrected chi connectivity index (χ0v) is 23.4. The van der Waals surface area contributed by atoms with Crippen molar-refractivity contribution in [1.29, 1.82) is 0 Å². The molecule has 3 aromatic rings. The third-order valence-corrected chi connectivity index (χ3v) is 7.07. The maximum absolute atomic E-state index is 13.6. The number of hydrogen-bond donors (Lipinski definition) is 1. The molecule has 0 aliphatic carbocycles. The van der Waals surface area contributed by atoms with Crippen molar-refractivity contribution >= 4 is 34.8 Å². The predicted octanol–water partition coefficient (Wildman–Crippen LogP) is 5.77. The Morgan fingerprint density at radius 2 is 1.64 bits per heavy atom. The lowest BCUT2D eigenvalue weighted by molar-refractivity contribution is -0.132. The molecule has 1 saturated heterocycles. The van der Waals surface area contributed by atoms with E-state index in [4.69, 9.17) is 4.74 Å². The largest absolute Gasteiger partial charge is 0.507 e. The number of ketones is 1. The first-order chi connectivity index (χ1) is 18.3. The average molecular weight is 527 g/mol. The van der Waals surface area contributed by atoms with Crippen LogP contribution in [0.25, 0.3) is 5.76 Å². The molecule has 1 amide bonds. The minimum atomic E-state index is -0.910. The van der Waals surface area contributed by atoms with Gasteiger partial charge < -0.3 is 14.7 Å². The van der Waals surface area contributed by atoms with Gasteiger partial charge in [-0.05, 0) is 65.4 Å². The predicted molar refractivity (Wildman–Crippen MR) is 153 cm³/mol. The van der Waals surface area contributed by atoms with Gasteiger partial charge in [-0.3, -0.25) is 14.5 Å². The van der Waals surface area contributed by atoms with Crippen LogP contribution in [0.1, 0.15) is 59.4 Å². The summed E-state index contributed by atoms with van der Waals surface area (Å²) in [6.45, 7) is 8.07. The molecule has 7 heteroatoms. The van der Waals surface area contributed by atoms with Crippen molar-refractivity contribution in [2.75, 3.05) is 31.0 Å². The second kappa shape index (κ2) is 10.4. The monoisotopic (exact) mass is 526 g/mol. The number of aryl methyl sites for hydroxylation is 1. The summed E-state index contributed by atoms with van der Waals surface area (Å²) >= 11 is 0. The summed E-state index contributed by atoms with van der Waals surface area (Å²) in [6, 6.07) is 18.7. The van der Waals surface area contributed by atoms with Gasteiger partial charge in [0.2, 0.25) is 0 Å². The van der Waals surface area contributed by atoms with Crippen LogP contribution in [0.5, 0.6) is 0 Å². The average Bonchev–Trinajstić information content (AvgIpc) is 3.17. The second-order valence-electron chi connectivity index (χ2n) is 11.0. The van der Waals surface area contributed by atoms with Crippen molar-refractivity contribution in [3.05, 3.63) is 100 Å². The number of nitrogens with zero attached hydrogens (tertiary/aromatic N) is 2. The fourth-order valence-corrected chi connectivity index (χ4v) is 4.76. The summed E-state index contributed by atoms with van der Waals surface area (Å²) in [5.41, 5.74) is 4.25. The first-order valence-electron chi connectivity index (χ1n) is 12.7. The van der Waals surface area contributed by atoms with E-state index in [0.29, 0.717) is 16.8 Å². The minimum Gasteiger partial charge on any atom is -0.507 e. The molecule has 1 N–H and O–H groups in total. The van der Waals surface area contributed by atoms with Crippen molar-refractivity contribution in [2.24, 2.45) is 0 Å². The molecule has 4 rings (SSSR count). The third-order valence-electron chi connectivity index (χ3n) is 7.07. The molecule has 1 aliphatic heterocycles. The Balaban J connectivity index is 1.97. The van der Waals surface area contributed by atoms with Crippen LogP contribution in [0.2, 0.25) is 0 Å². The molecule has 0 bridgehead atoms. The van der Waals surface area contributed by atoms with Gasteiger partial charge in [0.1, 0.15) is 5.76 Å². The van der Waals surface area contributed by atoms with E-state index >= 15 is 0 Å². The molecule has 0 spiro atoms. The second-order valence-corrected chi connectivity index (χ2v) is 11.0. The zero-order chi connectivity index (χ0) is 28.6. The highest BCUT2D eigenvalue weighted by Gasteiger charge is 2.47. The molecular formula is C32H34N2O5. The summed E-state index contributed by atoms with van der Waals surface area (Å²) in [6.07, 6.45) is 0. The molecule has 3 aromatic carbocycles. The number of esters is 1. The van der Waals surface area contributed by atoms with Crippen molar-refractivity contribution in [3.8, 4) is 0 Å². The van der Waals surface area contributed by atoms with Gasteiger partial charge in [-0.2, -0.15) is 0 Å². The molecule has 1 fully saturated rings. The Hall–Kier alpha value is -4.39. The lowest BCUT2D eigenvalue weighted by Crippen LogP contribution is -2.29. The molecule has 1 heterocycles. The van der Waals surface area contributed by atoms with E-state index in [9.17, 15) is 19.5 Å². The number of anilines is 2. The molecule has 1 aliphatic rings. The van der Waals surface area contributed by atoms with Crippen LogP contribution in [0.4, 0.5) is 11.4 Å². The number of carbonyl (C=O) groups excluding carboxylic acids is 3. The lowest BCUT2D eigenvalue weighted by Gasteiger charge is -2.26. The Morgan fingerprint density at radius 3 is 2.23 bits per heavy atom. The van der Waals surface area contributed by atoms with Crippen molar-refractivity contribution in [2.45, 2.75) is 39.2 Å². The van der Waals surface area contributed by atoms with Gasteiger partial charge in [-0.1, -0.05) is 51.1 Å². The van der Waals surface area contributed by atoms with Crippen LogP contribution >= 0.6 is 0 Å². The highest BCUT2D eigenvalue weighted by molar-refractivity contribution is 6.51. The third kappa shape index (κ3) is 5.17. The lowest BCUT2D eigenvalue weighted by atomic mass is 9.84. The van der Waals surface area contributed by atoms with Crippen LogP contribution in [0.15, 0.2) is 72.3 Å². The summed E-state index contributed by atoms with van der Waals surface area (Å²) < 4.78 is 4.85. The Kier molecular flexibility index (Phi) is 7.37. The van der Waals surface area contributed by atoms with Crippen molar-refractivity contribution in [1.82, 2.24) is 0 Å². The number of aliphatic hydroxyl groups is 1. The number of hydrogen-bond acceptors (Lipinski definition) is 6. The Morgan fingerprint density at radius 1 is 0.974 bits per heavy atom. The van der Waals surface area contributed by atoms with Crippen LogP contribution in [0.3, 0.4) is 0 Å². The number of rotatable bonds is 5. The first kappa shape index (κ1) is 27.6. The minimum absolute atomic E-state index is 0.00441. The molecule has 202 valence electrons. The van der Waals surface area contributed by atoms with E-state index < -0.39 is 23.7 Å². The fourth-order valence-electron chi connectivity index (χ4n) is 4.76. The molecule has 0 saturated carbocycles. The normalized spacial score (nSPS) is 16.9. The van der Waals surface area contributed by atoms with Gasteiger partial charge in [0.15, 0.2) is 0 Å².